The topological polar surface area (TPSA) is 99.2 Å². The summed E-state index contributed by atoms with van der Waals surface area (Å²) in [5.74, 6) is -1.88. The van der Waals surface area contributed by atoms with Crippen molar-refractivity contribution >= 4 is 22.9 Å². The Kier molecular flexibility index (Phi) is 3.68. The predicted octanol–water partition coefficient (Wildman–Crippen LogP) is 1.90. The molecule has 1 amide bonds. The van der Waals surface area contributed by atoms with Gasteiger partial charge in [0.15, 0.2) is 0 Å². The minimum absolute atomic E-state index is 0.186. The summed E-state index contributed by atoms with van der Waals surface area (Å²) in [5.41, 5.74) is 2.72. The molecule has 2 heterocycles. The molecule has 0 spiro atoms. The van der Waals surface area contributed by atoms with Crippen molar-refractivity contribution in [2.24, 2.45) is 5.92 Å². The zero-order chi connectivity index (χ0) is 17.4. The largest absolute Gasteiger partial charge is 0.481 e. The molecule has 3 aromatic rings. The Balaban J connectivity index is 1.62. The number of carbonyl (C=O) groups is 2. The smallest absolute Gasteiger partial charge is 0.308 e. The third kappa shape index (κ3) is 2.73. The van der Waals surface area contributed by atoms with Gasteiger partial charge in [-0.25, -0.2) is 0 Å². The third-order valence-electron chi connectivity index (χ3n) is 4.72. The van der Waals surface area contributed by atoms with Gasteiger partial charge >= 0.3 is 5.97 Å². The summed E-state index contributed by atoms with van der Waals surface area (Å²) in [6.07, 6.45) is 0. The second-order valence-electron chi connectivity index (χ2n) is 6.20. The molecule has 0 unspecified atom stereocenters. The minimum atomic E-state index is -0.879. The Morgan fingerprint density at radius 1 is 1.04 bits per heavy atom. The number of carboxylic acid groups (broad SMARTS) is 1. The second kappa shape index (κ2) is 6.01. The molecule has 1 saturated heterocycles. The van der Waals surface area contributed by atoms with Crippen LogP contribution in [0.3, 0.4) is 0 Å². The molecule has 0 saturated carbocycles. The lowest BCUT2D eigenvalue weighted by molar-refractivity contribution is -0.141. The van der Waals surface area contributed by atoms with E-state index >= 15 is 0 Å². The highest BCUT2D eigenvalue weighted by Gasteiger charge is 2.40. The lowest BCUT2D eigenvalue weighted by Crippen LogP contribution is -2.29. The molecule has 2 atom stereocenters. The number of hydrogen-bond donors (Lipinski definition) is 2. The quantitative estimate of drug-likeness (QED) is 0.761. The van der Waals surface area contributed by atoms with Crippen molar-refractivity contribution in [3.8, 4) is 0 Å². The summed E-state index contributed by atoms with van der Waals surface area (Å²) in [4.78, 5) is 26.1. The van der Waals surface area contributed by atoms with Crippen molar-refractivity contribution in [3.63, 3.8) is 0 Å². The van der Waals surface area contributed by atoms with Crippen LogP contribution in [0.5, 0.6) is 0 Å². The first-order valence-corrected chi connectivity index (χ1v) is 8.01. The first-order valence-electron chi connectivity index (χ1n) is 8.01. The number of likely N-dealkylation sites (tertiary alicyclic amines) is 1. The Morgan fingerprint density at radius 2 is 1.80 bits per heavy atom. The van der Waals surface area contributed by atoms with Gasteiger partial charge in [0, 0.05) is 24.6 Å². The van der Waals surface area contributed by atoms with Crippen molar-refractivity contribution in [2.45, 2.75) is 5.92 Å². The molecule has 0 radical (unpaired) electrons. The molecular weight excluding hydrogens is 320 g/mol. The second-order valence-corrected chi connectivity index (χ2v) is 6.20. The maximum absolute atomic E-state index is 12.8. The first-order chi connectivity index (χ1) is 12.1. The number of aromatic nitrogens is 3. The van der Waals surface area contributed by atoms with Crippen LogP contribution in [-0.2, 0) is 4.79 Å². The molecule has 1 aliphatic heterocycles. The van der Waals surface area contributed by atoms with E-state index < -0.39 is 11.9 Å². The molecule has 1 fully saturated rings. The minimum Gasteiger partial charge on any atom is -0.481 e. The molecule has 1 aliphatic rings. The number of aromatic amines is 1. The molecular formula is C18H16N4O3. The SMILES string of the molecule is O=C(O)[C@@H]1CN(C(=O)c2ccc3n[nH]nc3c2)C[C@H]1c1ccccc1. The van der Waals surface area contributed by atoms with Crippen LogP contribution in [0.15, 0.2) is 48.5 Å². The van der Waals surface area contributed by atoms with Crippen LogP contribution in [0.25, 0.3) is 11.0 Å². The van der Waals surface area contributed by atoms with Gasteiger partial charge in [-0.2, -0.15) is 15.4 Å². The summed E-state index contributed by atoms with van der Waals surface area (Å²) in [6, 6.07) is 14.6. The van der Waals surface area contributed by atoms with Gasteiger partial charge in [-0.15, -0.1) is 0 Å². The highest BCUT2D eigenvalue weighted by atomic mass is 16.4. The molecule has 2 aromatic carbocycles. The molecule has 2 N–H and O–H groups in total. The molecule has 7 heteroatoms. The van der Waals surface area contributed by atoms with E-state index in [1.54, 1.807) is 23.1 Å². The number of H-pyrrole nitrogens is 1. The molecule has 25 heavy (non-hydrogen) atoms. The van der Waals surface area contributed by atoms with Crippen LogP contribution in [0.4, 0.5) is 0 Å². The predicted molar refractivity (Wildman–Crippen MR) is 90.1 cm³/mol. The zero-order valence-electron chi connectivity index (χ0n) is 13.3. The van der Waals surface area contributed by atoms with E-state index in [1.165, 1.54) is 0 Å². The number of amides is 1. The number of fused-ring (bicyclic) bond motifs is 1. The number of nitrogens with one attached hydrogen (secondary N) is 1. The van der Waals surface area contributed by atoms with Gasteiger partial charge in [-0.3, -0.25) is 9.59 Å². The van der Waals surface area contributed by atoms with Gasteiger partial charge in [-0.05, 0) is 23.8 Å². The Hall–Kier alpha value is -3.22. The lowest BCUT2D eigenvalue weighted by atomic mass is 9.89. The molecule has 7 nitrogen and oxygen atoms in total. The van der Waals surface area contributed by atoms with Crippen molar-refractivity contribution in [1.29, 1.82) is 0 Å². The monoisotopic (exact) mass is 336 g/mol. The summed E-state index contributed by atoms with van der Waals surface area (Å²) in [5, 5.41) is 20.0. The third-order valence-corrected chi connectivity index (χ3v) is 4.72. The van der Waals surface area contributed by atoms with Crippen LogP contribution >= 0.6 is 0 Å². The Labute approximate surface area is 143 Å². The number of benzene rings is 2. The van der Waals surface area contributed by atoms with Gasteiger partial charge < -0.3 is 10.0 Å². The normalized spacial score (nSPS) is 20.1. The number of rotatable bonds is 3. The highest BCUT2D eigenvalue weighted by molar-refractivity contribution is 5.97. The summed E-state index contributed by atoms with van der Waals surface area (Å²) < 4.78 is 0. The fourth-order valence-corrected chi connectivity index (χ4v) is 3.41. The van der Waals surface area contributed by atoms with Crippen LogP contribution in [0.2, 0.25) is 0 Å². The van der Waals surface area contributed by atoms with Crippen LogP contribution < -0.4 is 0 Å². The van der Waals surface area contributed by atoms with E-state index in [-0.39, 0.29) is 18.4 Å². The first kappa shape index (κ1) is 15.3. The Bertz CT molecular complexity index is 938. The number of nitrogens with zero attached hydrogens (tertiary/aromatic N) is 3. The van der Waals surface area contributed by atoms with E-state index in [0.717, 1.165) is 5.56 Å². The molecule has 0 aliphatic carbocycles. The van der Waals surface area contributed by atoms with Crippen molar-refractivity contribution < 1.29 is 14.7 Å². The summed E-state index contributed by atoms with van der Waals surface area (Å²) in [6.45, 7) is 0.585. The van der Waals surface area contributed by atoms with Gasteiger partial charge in [-0.1, -0.05) is 30.3 Å². The molecule has 0 bridgehead atoms. The van der Waals surface area contributed by atoms with Crippen LogP contribution in [-0.4, -0.2) is 50.4 Å². The van der Waals surface area contributed by atoms with E-state index in [1.807, 2.05) is 30.3 Å². The van der Waals surface area contributed by atoms with Crippen molar-refractivity contribution in [2.75, 3.05) is 13.1 Å². The van der Waals surface area contributed by atoms with E-state index in [0.29, 0.717) is 23.1 Å². The number of aliphatic carboxylic acids is 1. The molecule has 126 valence electrons. The standard InChI is InChI=1S/C18H16N4O3/c23-17(12-6-7-15-16(8-12)20-21-19-15)22-9-13(14(10-22)18(24)25)11-4-2-1-3-5-11/h1-8,13-14H,9-10H2,(H,24,25)(H,19,20,21)/t13-,14+/m0/s1. The average molecular weight is 336 g/mol. The van der Waals surface area contributed by atoms with Gasteiger partial charge in [0.05, 0.1) is 5.92 Å². The molecule has 4 rings (SSSR count). The number of carboxylic acids is 1. The number of carbonyl (C=O) groups excluding carboxylic acids is 1. The zero-order valence-corrected chi connectivity index (χ0v) is 13.3. The fourth-order valence-electron chi connectivity index (χ4n) is 3.41. The summed E-state index contributed by atoms with van der Waals surface area (Å²) in [7, 11) is 0. The summed E-state index contributed by atoms with van der Waals surface area (Å²) >= 11 is 0. The van der Waals surface area contributed by atoms with Gasteiger partial charge in [0.2, 0.25) is 0 Å². The maximum atomic E-state index is 12.8. The van der Waals surface area contributed by atoms with E-state index in [9.17, 15) is 14.7 Å². The maximum Gasteiger partial charge on any atom is 0.308 e. The van der Waals surface area contributed by atoms with Gasteiger partial charge in [0.1, 0.15) is 11.0 Å². The van der Waals surface area contributed by atoms with E-state index in [4.69, 9.17) is 0 Å². The van der Waals surface area contributed by atoms with Crippen molar-refractivity contribution in [3.05, 3.63) is 59.7 Å². The lowest BCUT2D eigenvalue weighted by Gasteiger charge is -2.16. The average Bonchev–Trinajstić information content (AvgIpc) is 3.28. The van der Waals surface area contributed by atoms with Crippen LogP contribution in [0.1, 0.15) is 21.8 Å². The number of hydrogen-bond acceptors (Lipinski definition) is 4. The fraction of sp³-hybridized carbons (Fsp3) is 0.222. The van der Waals surface area contributed by atoms with Crippen LogP contribution in [0, 0.1) is 5.92 Å². The van der Waals surface area contributed by atoms with Crippen molar-refractivity contribution in [1.82, 2.24) is 20.3 Å². The molecule has 1 aromatic heterocycles. The van der Waals surface area contributed by atoms with E-state index in [2.05, 4.69) is 15.4 Å². The highest BCUT2D eigenvalue weighted by Crippen LogP contribution is 2.33. The Morgan fingerprint density at radius 3 is 2.56 bits per heavy atom. The van der Waals surface area contributed by atoms with Gasteiger partial charge in [0.25, 0.3) is 5.91 Å².